The van der Waals surface area contributed by atoms with Crippen LogP contribution in [0.4, 0.5) is 5.69 Å². The first-order chi connectivity index (χ1) is 17.1. The van der Waals surface area contributed by atoms with Gasteiger partial charge in [0.1, 0.15) is 18.2 Å². The molecule has 6 rings (SSSR count). The van der Waals surface area contributed by atoms with Gasteiger partial charge in [0.05, 0.1) is 17.6 Å². The van der Waals surface area contributed by atoms with Gasteiger partial charge in [-0.2, -0.15) is 0 Å². The zero-order chi connectivity index (χ0) is 23.9. The third kappa shape index (κ3) is 3.97. The first-order valence-electron chi connectivity index (χ1n) is 11.9. The second-order valence-corrected chi connectivity index (χ2v) is 9.17. The van der Waals surface area contributed by atoms with Crippen LogP contribution in [0.25, 0.3) is 11.0 Å². The van der Waals surface area contributed by atoms with Gasteiger partial charge >= 0.3 is 0 Å². The number of ether oxygens (including phenoxy) is 3. The molecule has 0 saturated carbocycles. The molecule has 0 bridgehead atoms. The summed E-state index contributed by atoms with van der Waals surface area (Å²) in [4.78, 5) is 19.8. The van der Waals surface area contributed by atoms with Crippen LogP contribution in [0.3, 0.4) is 0 Å². The van der Waals surface area contributed by atoms with E-state index < -0.39 is 0 Å². The second-order valence-electron chi connectivity index (χ2n) is 9.17. The Hall–Kier alpha value is -4.00. The summed E-state index contributed by atoms with van der Waals surface area (Å²) in [6.45, 7) is 6.09. The van der Waals surface area contributed by atoms with E-state index in [1.165, 1.54) is 5.56 Å². The molecule has 1 amide bonds. The van der Waals surface area contributed by atoms with Gasteiger partial charge < -0.3 is 23.7 Å². The summed E-state index contributed by atoms with van der Waals surface area (Å²) in [5.74, 6) is 3.27. The molecule has 3 heterocycles. The Morgan fingerprint density at radius 3 is 2.77 bits per heavy atom. The molecular formula is C28H27N3O4. The molecular weight excluding hydrogens is 442 g/mol. The number of fused-ring (bicyclic) bond motifs is 2. The van der Waals surface area contributed by atoms with E-state index in [0.29, 0.717) is 37.6 Å². The van der Waals surface area contributed by atoms with Gasteiger partial charge in [-0.1, -0.05) is 29.8 Å². The molecule has 0 N–H and O–H groups in total. The largest absolute Gasteiger partial charge is 0.491 e. The van der Waals surface area contributed by atoms with Crippen LogP contribution in [0.1, 0.15) is 29.3 Å². The van der Waals surface area contributed by atoms with E-state index in [9.17, 15) is 4.79 Å². The lowest BCUT2D eigenvalue weighted by molar-refractivity contribution is -0.117. The maximum atomic E-state index is 13.0. The monoisotopic (exact) mass is 469 g/mol. The van der Waals surface area contributed by atoms with Crippen LogP contribution in [0, 0.1) is 13.8 Å². The molecule has 1 saturated heterocycles. The Bertz CT molecular complexity index is 1430. The standard InChI is InChI=1S/C28H27N3O4/c1-18-7-9-24(19(2)13-18)33-12-11-30-23-6-4-3-5-22(23)29-28(30)20-14-27(32)31(16-20)21-8-10-25-26(15-21)35-17-34-25/h3-10,13,15,20H,11-12,14,16-17H2,1-2H3. The summed E-state index contributed by atoms with van der Waals surface area (Å²) in [5.41, 5.74) is 5.16. The van der Waals surface area contributed by atoms with Crippen molar-refractivity contribution in [2.75, 3.05) is 24.8 Å². The topological polar surface area (TPSA) is 65.8 Å². The smallest absolute Gasteiger partial charge is 0.231 e. The Labute approximate surface area is 203 Å². The van der Waals surface area contributed by atoms with E-state index in [2.05, 4.69) is 36.6 Å². The van der Waals surface area contributed by atoms with Crippen LogP contribution < -0.4 is 19.1 Å². The summed E-state index contributed by atoms with van der Waals surface area (Å²) < 4.78 is 19.3. The summed E-state index contributed by atoms with van der Waals surface area (Å²) in [7, 11) is 0. The lowest BCUT2D eigenvalue weighted by atomic mass is 10.1. The number of benzene rings is 3. The van der Waals surface area contributed by atoms with E-state index in [4.69, 9.17) is 19.2 Å². The number of carbonyl (C=O) groups excluding carboxylic acids is 1. The Morgan fingerprint density at radius 1 is 1.03 bits per heavy atom. The van der Waals surface area contributed by atoms with E-state index in [-0.39, 0.29) is 18.6 Å². The van der Waals surface area contributed by atoms with Crippen LogP contribution in [-0.4, -0.2) is 35.4 Å². The highest BCUT2D eigenvalue weighted by Crippen LogP contribution is 2.39. The van der Waals surface area contributed by atoms with Crippen LogP contribution >= 0.6 is 0 Å². The second kappa shape index (κ2) is 8.65. The molecule has 1 fully saturated rings. The van der Waals surface area contributed by atoms with E-state index in [1.807, 2.05) is 47.4 Å². The van der Waals surface area contributed by atoms with Crippen molar-refractivity contribution in [1.82, 2.24) is 9.55 Å². The van der Waals surface area contributed by atoms with Crippen molar-refractivity contribution in [2.24, 2.45) is 0 Å². The Kier molecular flexibility index (Phi) is 5.32. The molecule has 178 valence electrons. The molecule has 0 radical (unpaired) electrons. The van der Waals surface area contributed by atoms with Crippen molar-refractivity contribution in [1.29, 1.82) is 0 Å². The molecule has 3 aromatic carbocycles. The molecule has 2 aliphatic rings. The fraction of sp³-hybridized carbons (Fsp3) is 0.286. The molecule has 0 aliphatic carbocycles. The number of para-hydroxylation sites is 2. The lowest BCUT2D eigenvalue weighted by Crippen LogP contribution is -2.24. The minimum atomic E-state index is -0.0126. The van der Waals surface area contributed by atoms with Gasteiger partial charge in [-0.25, -0.2) is 4.98 Å². The average Bonchev–Trinajstić information content (AvgIpc) is 3.57. The molecule has 0 spiro atoms. The quantitative estimate of drug-likeness (QED) is 0.398. The predicted octanol–water partition coefficient (Wildman–Crippen LogP) is 4.98. The molecule has 2 aliphatic heterocycles. The Morgan fingerprint density at radius 2 is 1.89 bits per heavy atom. The number of aromatic nitrogens is 2. The number of nitrogens with zero attached hydrogens (tertiary/aromatic N) is 3. The zero-order valence-electron chi connectivity index (χ0n) is 19.9. The van der Waals surface area contributed by atoms with Crippen molar-refractivity contribution in [2.45, 2.75) is 32.7 Å². The van der Waals surface area contributed by atoms with Crippen LogP contribution in [0.5, 0.6) is 17.2 Å². The number of rotatable bonds is 6. The van der Waals surface area contributed by atoms with E-state index in [1.54, 1.807) is 0 Å². The molecule has 7 nitrogen and oxygen atoms in total. The van der Waals surface area contributed by atoms with Crippen molar-refractivity contribution in [3.05, 3.63) is 77.6 Å². The molecule has 1 aromatic heterocycles. The number of carbonyl (C=O) groups is 1. The van der Waals surface area contributed by atoms with Gasteiger partial charge in [-0.05, 0) is 49.7 Å². The molecule has 35 heavy (non-hydrogen) atoms. The highest BCUT2D eigenvalue weighted by Gasteiger charge is 2.35. The number of anilines is 1. The van der Waals surface area contributed by atoms with E-state index in [0.717, 1.165) is 33.9 Å². The highest BCUT2D eigenvalue weighted by molar-refractivity contribution is 5.97. The van der Waals surface area contributed by atoms with E-state index >= 15 is 0 Å². The zero-order valence-corrected chi connectivity index (χ0v) is 19.9. The predicted molar refractivity (Wildman–Crippen MR) is 133 cm³/mol. The number of hydrogen-bond acceptors (Lipinski definition) is 5. The van der Waals surface area contributed by atoms with Crippen LogP contribution in [0.15, 0.2) is 60.7 Å². The van der Waals surface area contributed by atoms with Crippen molar-refractivity contribution >= 4 is 22.6 Å². The highest BCUT2D eigenvalue weighted by atomic mass is 16.7. The van der Waals surface area contributed by atoms with Gasteiger partial charge in [0.15, 0.2) is 11.5 Å². The first-order valence-corrected chi connectivity index (χ1v) is 11.9. The summed E-state index contributed by atoms with van der Waals surface area (Å²) >= 11 is 0. The third-order valence-corrected chi connectivity index (χ3v) is 6.74. The van der Waals surface area contributed by atoms with Crippen LogP contribution in [-0.2, 0) is 11.3 Å². The SMILES string of the molecule is Cc1ccc(OCCn2c(C3CC(=O)N(c4ccc5c(c4)OCO5)C3)nc3ccccc32)c(C)c1. The maximum absolute atomic E-state index is 13.0. The van der Waals surface area contributed by atoms with Gasteiger partial charge in [-0.3, -0.25) is 4.79 Å². The maximum Gasteiger partial charge on any atom is 0.231 e. The van der Waals surface area contributed by atoms with Gasteiger partial charge in [0.25, 0.3) is 0 Å². The molecule has 7 heteroatoms. The number of hydrogen-bond donors (Lipinski definition) is 0. The number of aryl methyl sites for hydroxylation is 2. The summed E-state index contributed by atoms with van der Waals surface area (Å²) in [6, 6.07) is 20.0. The number of amides is 1. The van der Waals surface area contributed by atoms with Crippen molar-refractivity contribution in [3.8, 4) is 17.2 Å². The van der Waals surface area contributed by atoms with Crippen molar-refractivity contribution < 1.29 is 19.0 Å². The minimum Gasteiger partial charge on any atom is -0.491 e. The van der Waals surface area contributed by atoms with Gasteiger partial charge in [-0.15, -0.1) is 0 Å². The summed E-state index contributed by atoms with van der Waals surface area (Å²) in [5, 5.41) is 0. The normalized spacial score (nSPS) is 16.9. The fourth-order valence-electron chi connectivity index (χ4n) is 5.03. The van der Waals surface area contributed by atoms with Gasteiger partial charge in [0, 0.05) is 30.6 Å². The lowest BCUT2D eigenvalue weighted by Gasteiger charge is -2.18. The Balaban J connectivity index is 1.25. The first kappa shape index (κ1) is 21.5. The number of imidazole rings is 1. The fourth-order valence-corrected chi connectivity index (χ4v) is 5.03. The van der Waals surface area contributed by atoms with Gasteiger partial charge in [0.2, 0.25) is 12.7 Å². The molecule has 1 unspecified atom stereocenters. The van der Waals surface area contributed by atoms with Crippen LogP contribution in [0.2, 0.25) is 0 Å². The molecule has 4 aromatic rings. The summed E-state index contributed by atoms with van der Waals surface area (Å²) in [6.07, 6.45) is 0.412. The third-order valence-electron chi connectivity index (χ3n) is 6.74. The average molecular weight is 470 g/mol. The molecule has 1 atom stereocenters. The minimum absolute atomic E-state index is 0.0126. The van der Waals surface area contributed by atoms with Crippen molar-refractivity contribution in [3.63, 3.8) is 0 Å².